The van der Waals surface area contributed by atoms with Crippen molar-refractivity contribution in [3.8, 4) is 5.75 Å². The van der Waals surface area contributed by atoms with Crippen molar-refractivity contribution in [3.05, 3.63) is 54.0 Å². The van der Waals surface area contributed by atoms with Crippen molar-refractivity contribution < 1.29 is 9.53 Å². The highest BCUT2D eigenvalue weighted by Gasteiger charge is 2.08. The summed E-state index contributed by atoms with van der Waals surface area (Å²) in [5, 5.41) is 6.18. The van der Waals surface area contributed by atoms with Crippen LogP contribution in [0.2, 0.25) is 5.02 Å². The maximum Gasteiger partial charge on any atom is 0.270 e. The van der Waals surface area contributed by atoms with Gasteiger partial charge in [-0.05, 0) is 18.2 Å². The minimum absolute atomic E-state index is 0.263. The molecule has 2 rings (SSSR count). The Kier molecular flexibility index (Phi) is 5.32. The van der Waals surface area contributed by atoms with Gasteiger partial charge in [0.15, 0.2) is 0 Å². The molecule has 0 saturated heterocycles. The first kappa shape index (κ1) is 15.8. The summed E-state index contributed by atoms with van der Waals surface area (Å²) in [5.41, 5.74) is 0.987. The Labute approximate surface area is 133 Å². The van der Waals surface area contributed by atoms with Crippen LogP contribution in [0.15, 0.2) is 43.2 Å². The fraction of sp³-hybridized carbons (Fsp3) is 0.133. The molecule has 0 aliphatic carbocycles. The van der Waals surface area contributed by atoms with Gasteiger partial charge >= 0.3 is 0 Å². The van der Waals surface area contributed by atoms with Crippen LogP contribution in [0.5, 0.6) is 5.75 Å². The summed E-state index contributed by atoms with van der Waals surface area (Å²) in [7, 11) is 1.55. The van der Waals surface area contributed by atoms with E-state index >= 15 is 0 Å². The van der Waals surface area contributed by atoms with Gasteiger partial charge in [-0.3, -0.25) is 4.79 Å². The molecule has 0 radical (unpaired) electrons. The molecule has 1 heterocycles. The van der Waals surface area contributed by atoms with Crippen molar-refractivity contribution >= 4 is 29.0 Å². The number of hydrogen-bond donors (Lipinski definition) is 2. The summed E-state index contributed by atoms with van der Waals surface area (Å²) < 4.78 is 5.09. The average molecular weight is 319 g/mol. The number of carbonyl (C=O) groups is 1. The molecule has 0 spiro atoms. The second-order valence-electron chi connectivity index (χ2n) is 4.26. The first-order chi connectivity index (χ1) is 10.6. The molecule has 1 amide bonds. The quantitative estimate of drug-likeness (QED) is 0.801. The zero-order chi connectivity index (χ0) is 15.9. The number of amides is 1. The topological polar surface area (TPSA) is 76.1 Å². The van der Waals surface area contributed by atoms with Gasteiger partial charge in [-0.2, -0.15) is 0 Å². The molecule has 22 heavy (non-hydrogen) atoms. The number of aromatic nitrogens is 2. The summed E-state index contributed by atoms with van der Waals surface area (Å²) in [6, 6.07) is 6.80. The third-order valence-corrected chi connectivity index (χ3v) is 3.03. The highest BCUT2D eigenvalue weighted by molar-refractivity contribution is 6.32. The molecule has 0 fully saturated rings. The van der Waals surface area contributed by atoms with Crippen molar-refractivity contribution in [2.45, 2.75) is 0 Å². The van der Waals surface area contributed by atoms with Crippen LogP contribution in [-0.2, 0) is 0 Å². The van der Waals surface area contributed by atoms with Gasteiger partial charge in [-0.15, -0.1) is 6.58 Å². The van der Waals surface area contributed by atoms with Gasteiger partial charge < -0.3 is 15.4 Å². The van der Waals surface area contributed by atoms with Crippen molar-refractivity contribution in [1.82, 2.24) is 15.3 Å². The second-order valence-corrected chi connectivity index (χ2v) is 4.67. The van der Waals surface area contributed by atoms with Crippen LogP contribution >= 0.6 is 11.6 Å². The van der Waals surface area contributed by atoms with Crippen LogP contribution in [0.3, 0.4) is 0 Å². The van der Waals surface area contributed by atoms with Gasteiger partial charge in [0.2, 0.25) is 0 Å². The zero-order valence-electron chi connectivity index (χ0n) is 12.0. The summed E-state index contributed by atoms with van der Waals surface area (Å²) in [6.45, 7) is 3.91. The minimum atomic E-state index is -0.293. The molecule has 0 saturated carbocycles. The number of nitrogens with one attached hydrogen (secondary N) is 2. The van der Waals surface area contributed by atoms with Crippen LogP contribution in [0.25, 0.3) is 0 Å². The number of rotatable bonds is 6. The van der Waals surface area contributed by atoms with E-state index in [2.05, 4.69) is 27.2 Å². The van der Waals surface area contributed by atoms with Gasteiger partial charge in [0.25, 0.3) is 5.91 Å². The van der Waals surface area contributed by atoms with Crippen LogP contribution in [0.4, 0.5) is 11.5 Å². The normalized spacial score (nSPS) is 9.91. The molecule has 7 heteroatoms. The number of methoxy groups -OCH3 is 1. The van der Waals surface area contributed by atoms with Crippen molar-refractivity contribution in [1.29, 1.82) is 0 Å². The van der Waals surface area contributed by atoms with Crippen LogP contribution in [0.1, 0.15) is 10.5 Å². The lowest BCUT2D eigenvalue weighted by atomic mass is 10.3. The number of ether oxygens (including phenoxy) is 1. The predicted molar refractivity (Wildman–Crippen MR) is 85.8 cm³/mol. The van der Waals surface area contributed by atoms with Gasteiger partial charge in [0, 0.05) is 18.3 Å². The Morgan fingerprint density at radius 3 is 2.91 bits per heavy atom. The van der Waals surface area contributed by atoms with Crippen molar-refractivity contribution in [2.24, 2.45) is 0 Å². The number of carbonyl (C=O) groups excluding carboxylic acids is 1. The van der Waals surface area contributed by atoms with Gasteiger partial charge in [0.1, 0.15) is 23.6 Å². The molecular formula is C15H15ClN4O2. The zero-order valence-corrected chi connectivity index (χ0v) is 12.7. The van der Waals surface area contributed by atoms with Gasteiger partial charge in [-0.1, -0.05) is 17.7 Å². The highest BCUT2D eigenvalue weighted by atomic mass is 35.5. The molecule has 0 atom stereocenters. The Morgan fingerprint density at radius 2 is 2.23 bits per heavy atom. The molecule has 2 aromatic rings. The number of anilines is 2. The summed E-state index contributed by atoms with van der Waals surface area (Å²) >= 11 is 6.06. The van der Waals surface area contributed by atoms with Crippen LogP contribution in [0, 0.1) is 0 Å². The van der Waals surface area contributed by atoms with E-state index in [1.54, 1.807) is 37.5 Å². The van der Waals surface area contributed by atoms with Crippen LogP contribution < -0.4 is 15.4 Å². The SMILES string of the molecule is C=CCNC(=O)c1cc(Nc2ccc(OC)c(Cl)c2)ncn1. The van der Waals surface area contributed by atoms with E-state index in [0.717, 1.165) is 5.69 Å². The molecule has 0 aliphatic heterocycles. The largest absolute Gasteiger partial charge is 0.495 e. The first-order valence-corrected chi connectivity index (χ1v) is 6.83. The number of halogens is 1. The minimum Gasteiger partial charge on any atom is -0.495 e. The van der Waals surface area contributed by atoms with E-state index in [1.807, 2.05) is 0 Å². The summed E-state index contributed by atoms with van der Waals surface area (Å²) in [5.74, 6) is 0.775. The molecule has 6 nitrogen and oxygen atoms in total. The maximum absolute atomic E-state index is 11.8. The van der Waals surface area contributed by atoms with E-state index in [-0.39, 0.29) is 11.6 Å². The van der Waals surface area contributed by atoms with E-state index in [9.17, 15) is 4.79 Å². The molecule has 0 bridgehead atoms. The third-order valence-electron chi connectivity index (χ3n) is 2.73. The molecule has 114 valence electrons. The molecule has 2 N–H and O–H groups in total. The van der Waals surface area contributed by atoms with E-state index in [4.69, 9.17) is 16.3 Å². The van der Waals surface area contributed by atoms with Crippen molar-refractivity contribution in [3.63, 3.8) is 0 Å². The number of nitrogens with zero attached hydrogens (tertiary/aromatic N) is 2. The average Bonchev–Trinajstić information content (AvgIpc) is 2.53. The Morgan fingerprint density at radius 1 is 1.41 bits per heavy atom. The third kappa shape index (κ3) is 3.95. The lowest BCUT2D eigenvalue weighted by Gasteiger charge is -2.09. The first-order valence-electron chi connectivity index (χ1n) is 6.45. The predicted octanol–water partition coefficient (Wildman–Crippen LogP) is 2.80. The Bertz CT molecular complexity index is 691. The fourth-order valence-electron chi connectivity index (χ4n) is 1.70. The Hall–Kier alpha value is -2.60. The lowest BCUT2D eigenvalue weighted by molar-refractivity contribution is 0.0953. The summed E-state index contributed by atoms with van der Waals surface area (Å²) in [6.07, 6.45) is 2.91. The monoisotopic (exact) mass is 318 g/mol. The molecule has 1 aromatic heterocycles. The maximum atomic E-state index is 11.8. The van der Waals surface area contributed by atoms with E-state index < -0.39 is 0 Å². The lowest BCUT2D eigenvalue weighted by Crippen LogP contribution is -2.24. The number of benzene rings is 1. The van der Waals surface area contributed by atoms with Gasteiger partial charge in [-0.25, -0.2) is 9.97 Å². The molecular weight excluding hydrogens is 304 g/mol. The highest BCUT2D eigenvalue weighted by Crippen LogP contribution is 2.28. The fourth-order valence-corrected chi connectivity index (χ4v) is 1.95. The molecule has 0 unspecified atom stereocenters. The standard InChI is InChI=1S/C15H15ClN4O2/c1-3-6-17-15(21)12-8-14(19-9-18-12)20-10-4-5-13(22-2)11(16)7-10/h3-5,7-9H,1,6H2,2H3,(H,17,21)(H,18,19,20). The second kappa shape index (κ2) is 7.42. The number of hydrogen-bond acceptors (Lipinski definition) is 5. The molecule has 0 aliphatic rings. The smallest absolute Gasteiger partial charge is 0.270 e. The van der Waals surface area contributed by atoms with E-state index in [1.165, 1.54) is 6.33 Å². The Balaban J connectivity index is 2.14. The summed E-state index contributed by atoms with van der Waals surface area (Å²) in [4.78, 5) is 19.8. The van der Waals surface area contributed by atoms with E-state index in [0.29, 0.717) is 23.1 Å². The van der Waals surface area contributed by atoms with Gasteiger partial charge in [0.05, 0.1) is 12.1 Å². The van der Waals surface area contributed by atoms with Crippen LogP contribution in [-0.4, -0.2) is 29.5 Å². The van der Waals surface area contributed by atoms with Crippen molar-refractivity contribution in [2.75, 3.05) is 19.0 Å². The molecule has 1 aromatic carbocycles.